The first-order chi connectivity index (χ1) is 8.54. The van der Waals surface area contributed by atoms with Crippen LogP contribution in [0.1, 0.15) is 25.3 Å². The number of thiol groups is 1. The number of aromatic hydroxyl groups is 1. The summed E-state index contributed by atoms with van der Waals surface area (Å²) in [6.07, 6.45) is 4.40. The Kier molecular flexibility index (Phi) is 9.24. The van der Waals surface area contributed by atoms with Crippen molar-refractivity contribution in [1.29, 1.82) is 0 Å². The Morgan fingerprint density at radius 1 is 1.50 bits per heavy atom. The van der Waals surface area contributed by atoms with Gasteiger partial charge in [0.1, 0.15) is 0 Å². The van der Waals surface area contributed by atoms with Crippen molar-refractivity contribution in [3.05, 3.63) is 36.4 Å². The number of phenols is 1. The average Bonchev–Trinajstić information content (AvgIpc) is 2.32. The number of ether oxygens (including phenoxy) is 1. The van der Waals surface area contributed by atoms with Gasteiger partial charge in [0.15, 0.2) is 11.5 Å². The van der Waals surface area contributed by atoms with Crippen LogP contribution in [0.4, 0.5) is 0 Å². The molecule has 3 nitrogen and oxygen atoms in total. The molecular formula is C14H22O3S. The summed E-state index contributed by atoms with van der Waals surface area (Å²) in [6, 6.07) is 5.27. The Labute approximate surface area is 115 Å². The van der Waals surface area contributed by atoms with Gasteiger partial charge in [0, 0.05) is 0 Å². The lowest BCUT2D eigenvalue weighted by Crippen LogP contribution is -1.91. The molecule has 0 radical (unpaired) electrons. The maximum absolute atomic E-state index is 9.25. The topological polar surface area (TPSA) is 49.7 Å². The highest BCUT2D eigenvalue weighted by Crippen LogP contribution is 2.26. The molecule has 0 amide bonds. The fraction of sp³-hybridized carbons (Fsp3) is 0.429. The van der Waals surface area contributed by atoms with Crippen molar-refractivity contribution in [3.63, 3.8) is 0 Å². The van der Waals surface area contributed by atoms with Crippen LogP contribution in [-0.4, -0.2) is 22.8 Å². The minimum Gasteiger partial charge on any atom is -0.504 e. The standard InChI is InChI=1S/C10H12O2.C4H10OS/c1-3-4-8-5-6-9(11)10(7-8)12-2;1-2-3-4(5)6/h3,5-7,11H,1,4H2,2H3;4-6H,2-3H2,1H3. The summed E-state index contributed by atoms with van der Waals surface area (Å²) < 4.78 is 4.95. The maximum atomic E-state index is 9.25. The van der Waals surface area contributed by atoms with E-state index in [1.54, 1.807) is 12.1 Å². The van der Waals surface area contributed by atoms with E-state index < -0.39 is 5.44 Å². The summed E-state index contributed by atoms with van der Waals surface area (Å²) in [7, 11) is 1.53. The Hall–Kier alpha value is -1.13. The zero-order valence-electron chi connectivity index (χ0n) is 11.0. The highest BCUT2D eigenvalue weighted by atomic mass is 32.1. The van der Waals surface area contributed by atoms with E-state index in [1.807, 2.05) is 19.1 Å². The van der Waals surface area contributed by atoms with Crippen molar-refractivity contribution in [2.75, 3.05) is 7.11 Å². The molecule has 0 saturated heterocycles. The summed E-state index contributed by atoms with van der Waals surface area (Å²) in [5.74, 6) is 0.680. The Morgan fingerprint density at radius 3 is 2.56 bits per heavy atom. The third kappa shape index (κ3) is 7.25. The van der Waals surface area contributed by atoms with E-state index in [4.69, 9.17) is 9.84 Å². The second kappa shape index (κ2) is 9.85. The summed E-state index contributed by atoms with van der Waals surface area (Å²) in [5, 5.41) is 17.7. The van der Waals surface area contributed by atoms with E-state index >= 15 is 0 Å². The van der Waals surface area contributed by atoms with E-state index in [0.717, 1.165) is 24.8 Å². The van der Waals surface area contributed by atoms with E-state index in [1.165, 1.54) is 7.11 Å². The van der Waals surface area contributed by atoms with Crippen molar-refractivity contribution in [2.45, 2.75) is 31.6 Å². The molecule has 1 rings (SSSR count). The number of hydrogen-bond donors (Lipinski definition) is 3. The molecule has 0 heterocycles. The zero-order chi connectivity index (χ0) is 14.0. The lowest BCUT2D eigenvalue weighted by molar-refractivity contribution is 0.254. The monoisotopic (exact) mass is 270 g/mol. The number of hydrogen-bond acceptors (Lipinski definition) is 4. The van der Waals surface area contributed by atoms with Crippen molar-refractivity contribution in [1.82, 2.24) is 0 Å². The summed E-state index contributed by atoms with van der Waals surface area (Å²) in [6.45, 7) is 5.64. The fourth-order valence-corrected chi connectivity index (χ4v) is 1.53. The van der Waals surface area contributed by atoms with E-state index in [-0.39, 0.29) is 5.75 Å². The van der Waals surface area contributed by atoms with Gasteiger partial charge in [-0.05, 0) is 30.5 Å². The third-order valence-electron chi connectivity index (χ3n) is 2.17. The molecule has 1 aromatic rings. The minimum absolute atomic E-state index is 0.172. The highest BCUT2D eigenvalue weighted by Gasteiger charge is 2.00. The Bertz CT molecular complexity index is 351. The van der Waals surface area contributed by atoms with Crippen molar-refractivity contribution in [2.24, 2.45) is 0 Å². The van der Waals surface area contributed by atoms with Gasteiger partial charge in [-0.25, -0.2) is 0 Å². The first kappa shape index (κ1) is 16.9. The number of aliphatic hydroxyl groups excluding tert-OH is 1. The second-order valence-electron chi connectivity index (χ2n) is 3.77. The predicted molar refractivity (Wildman–Crippen MR) is 78.5 cm³/mol. The molecule has 2 N–H and O–H groups in total. The molecule has 0 aromatic heterocycles. The van der Waals surface area contributed by atoms with E-state index in [9.17, 15) is 5.11 Å². The van der Waals surface area contributed by atoms with Gasteiger partial charge in [-0.3, -0.25) is 0 Å². The van der Waals surface area contributed by atoms with Crippen molar-refractivity contribution < 1.29 is 14.9 Å². The van der Waals surface area contributed by atoms with E-state index in [2.05, 4.69) is 19.2 Å². The quantitative estimate of drug-likeness (QED) is 0.437. The maximum Gasteiger partial charge on any atom is 0.160 e. The molecule has 0 fully saturated rings. The van der Waals surface area contributed by atoms with Crippen molar-refractivity contribution in [3.8, 4) is 11.5 Å². The second-order valence-corrected chi connectivity index (χ2v) is 4.36. The lowest BCUT2D eigenvalue weighted by atomic mass is 10.1. The van der Waals surface area contributed by atoms with Crippen LogP contribution in [0.15, 0.2) is 30.9 Å². The summed E-state index contributed by atoms with van der Waals surface area (Å²) >= 11 is 3.73. The van der Waals surface area contributed by atoms with Crippen molar-refractivity contribution >= 4 is 12.6 Å². The molecule has 0 saturated carbocycles. The minimum atomic E-state index is -0.407. The first-order valence-electron chi connectivity index (χ1n) is 5.88. The highest BCUT2D eigenvalue weighted by molar-refractivity contribution is 7.80. The molecular weight excluding hydrogens is 248 g/mol. The molecule has 1 atom stereocenters. The van der Waals surface area contributed by atoms with Crippen LogP contribution in [0.5, 0.6) is 11.5 Å². The van der Waals surface area contributed by atoms with Gasteiger partial charge >= 0.3 is 0 Å². The van der Waals surface area contributed by atoms with Gasteiger partial charge in [0.05, 0.1) is 12.5 Å². The summed E-state index contributed by atoms with van der Waals surface area (Å²) in [4.78, 5) is 0. The van der Waals surface area contributed by atoms with Crippen LogP contribution >= 0.6 is 12.6 Å². The normalized spacial score (nSPS) is 11.1. The predicted octanol–water partition coefficient (Wildman–Crippen LogP) is 3.16. The smallest absolute Gasteiger partial charge is 0.160 e. The molecule has 0 aliphatic rings. The van der Waals surface area contributed by atoms with Crippen LogP contribution in [0.3, 0.4) is 0 Å². The number of benzene rings is 1. The van der Waals surface area contributed by atoms with Crippen LogP contribution in [-0.2, 0) is 6.42 Å². The van der Waals surface area contributed by atoms with Gasteiger partial charge in [-0.1, -0.05) is 25.5 Å². The molecule has 0 aliphatic heterocycles. The number of rotatable bonds is 5. The van der Waals surface area contributed by atoms with Crippen LogP contribution in [0.2, 0.25) is 0 Å². The summed E-state index contributed by atoms with van der Waals surface area (Å²) in [5.41, 5.74) is 0.676. The SMILES string of the molecule is C=CCc1ccc(O)c(OC)c1.CCCC(O)S. The first-order valence-corrected chi connectivity index (χ1v) is 6.39. The Morgan fingerprint density at radius 2 is 2.17 bits per heavy atom. The number of methoxy groups -OCH3 is 1. The zero-order valence-corrected chi connectivity index (χ0v) is 11.9. The van der Waals surface area contributed by atoms with E-state index in [0.29, 0.717) is 5.75 Å². The van der Waals surface area contributed by atoms with Gasteiger partial charge in [0.25, 0.3) is 0 Å². The van der Waals surface area contributed by atoms with Crippen LogP contribution in [0.25, 0.3) is 0 Å². The average molecular weight is 270 g/mol. The van der Waals surface area contributed by atoms with Crippen LogP contribution < -0.4 is 4.74 Å². The number of aliphatic hydroxyl groups is 1. The largest absolute Gasteiger partial charge is 0.504 e. The fourth-order valence-electron chi connectivity index (χ4n) is 1.27. The van der Waals surface area contributed by atoms with Gasteiger partial charge in [-0.2, -0.15) is 0 Å². The molecule has 0 bridgehead atoms. The molecule has 1 aromatic carbocycles. The van der Waals surface area contributed by atoms with Gasteiger partial charge in [-0.15, -0.1) is 19.2 Å². The molecule has 0 aliphatic carbocycles. The third-order valence-corrected chi connectivity index (χ3v) is 2.43. The number of phenolic OH excluding ortho intramolecular Hbond substituents is 1. The van der Waals surface area contributed by atoms with Gasteiger partial charge < -0.3 is 14.9 Å². The lowest BCUT2D eigenvalue weighted by Gasteiger charge is -2.04. The number of allylic oxidation sites excluding steroid dienone is 1. The molecule has 18 heavy (non-hydrogen) atoms. The molecule has 102 valence electrons. The Balaban J connectivity index is 0.000000411. The molecule has 0 spiro atoms. The van der Waals surface area contributed by atoms with Crippen LogP contribution in [0, 0.1) is 0 Å². The molecule has 1 unspecified atom stereocenters. The van der Waals surface area contributed by atoms with Gasteiger partial charge in [0.2, 0.25) is 0 Å². The molecule has 4 heteroatoms.